The molecule has 0 amide bonds. The zero-order chi connectivity index (χ0) is 12.8. The molecule has 0 aromatic heterocycles. The molecule has 0 aromatic carbocycles. The third-order valence-corrected chi connectivity index (χ3v) is 3.48. The Bertz CT molecular complexity index is 238. The Labute approximate surface area is 98.8 Å². The first-order chi connectivity index (χ1) is 7.12. The largest absolute Gasteiger partial charge is 0.328 e. The molecule has 0 aliphatic heterocycles. The quantitative estimate of drug-likeness (QED) is 0.491. The van der Waals surface area contributed by atoms with Gasteiger partial charge in [-0.2, -0.15) is 0 Å². The molecule has 5 nitrogen and oxygen atoms in total. The lowest BCUT2D eigenvalue weighted by molar-refractivity contribution is -0.890. The molecule has 0 aliphatic carbocycles. The third kappa shape index (κ3) is 10.6. The van der Waals surface area contributed by atoms with Crippen molar-refractivity contribution in [3.63, 3.8) is 0 Å². The fourth-order valence-corrected chi connectivity index (χ4v) is 2.18. The van der Waals surface area contributed by atoms with Crippen LogP contribution in [0.15, 0.2) is 0 Å². The van der Waals surface area contributed by atoms with E-state index in [1.807, 2.05) is 14.1 Å². The van der Waals surface area contributed by atoms with E-state index >= 15 is 0 Å². The molecule has 0 unspecified atom stereocenters. The Morgan fingerprint density at radius 3 is 2.06 bits per heavy atom. The van der Waals surface area contributed by atoms with Gasteiger partial charge in [0, 0.05) is 19.4 Å². The summed E-state index contributed by atoms with van der Waals surface area (Å²) in [6.45, 7) is 2.91. The van der Waals surface area contributed by atoms with Gasteiger partial charge in [0.25, 0.3) is 0 Å². The van der Waals surface area contributed by atoms with Gasteiger partial charge in [0.15, 0.2) is 0 Å². The van der Waals surface area contributed by atoms with E-state index in [0.717, 1.165) is 30.5 Å². The van der Waals surface area contributed by atoms with Crippen LogP contribution in [0.1, 0.15) is 12.8 Å². The van der Waals surface area contributed by atoms with E-state index < -0.39 is 7.60 Å². The first kappa shape index (κ1) is 16.1. The second-order valence-electron chi connectivity index (χ2n) is 5.28. The lowest BCUT2D eigenvalue weighted by Crippen LogP contribution is -2.42. The average Bonchev–Trinajstić information content (AvgIpc) is 1.99. The molecule has 0 fully saturated rings. The summed E-state index contributed by atoms with van der Waals surface area (Å²) in [5.41, 5.74) is 0. The van der Waals surface area contributed by atoms with Crippen LogP contribution >= 0.6 is 7.60 Å². The molecule has 6 heteroatoms. The molecule has 16 heavy (non-hydrogen) atoms. The molecule has 0 atom stereocenters. The SMILES string of the molecule is CN(C)CCC[N+](C)(C)CCCP(=O)(O)O. The Morgan fingerprint density at radius 1 is 1.12 bits per heavy atom. The van der Waals surface area contributed by atoms with Crippen LogP contribution < -0.4 is 0 Å². The molecule has 0 saturated carbocycles. The summed E-state index contributed by atoms with van der Waals surface area (Å²) >= 11 is 0. The third-order valence-electron chi connectivity index (χ3n) is 2.58. The fraction of sp³-hybridized carbons (Fsp3) is 1.00. The zero-order valence-electron chi connectivity index (χ0n) is 10.9. The average molecular weight is 253 g/mol. The smallest absolute Gasteiger partial charge is 0.325 e. The minimum absolute atomic E-state index is 0.00234. The van der Waals surface area contributed by atoms with E-state index in [1.165, 1.54) is 0 Å². The molecule has 2 N–H and O–H groups in total. The van der Waals surface area contributed by atoms with E-state index in [0.29, 0.717) is 6.42 Å². The number of rotatable bonds is 8. The van der Waals surface area contributed by atoms with Crippen molar-refractivity contribution in [1.82, 2.24) is 4.90 Å². The maximum Gasteiger partial charge on any atom is 0.325 e. The monoisotopic (exact) mass is 253 g/mol. The first-order valence-corrected chi connectivity index (χ1v) is 7.43. The fourth-order valence-electron chi connectivity index (χ4n) is 1.63. The Hall–Kier alpha value is 0.0700. The Kier molecular flexibility index (Phi) is 6.75. The van der Waals surface area contributed by atoms with Crippen LogP contribution in [0.25, 0.3) is 0 Å². The van der Waals surface area contributed by atoms with Gasteiger partial charge in [-0.15, -0.1) is 0 Å². The number of hydrogen-bond donors (Lipinski definition) is 2. The molecule has 0 aliphatic rings. The van der Waals surface area contributed by atoms with Crippen molar-refractivity contribution in [3.8, 4) is 0 Å². The van der Waals surface area contributed by atoms with Crippen LogP contribution in [-0.4, -0.2) is 73.2 Å². The van der Waals surface area contributed by atoms with Gasteiger partial charge in [-0.25, -0.2) is 0 Å². The van der Waals surface area contributed by atoms with Crippen molar-refractivity contribution in [2.24, 2.45) is 0 Å². The van der Waals surface area contributed by atoms with Gasteiger partial charge in [0.2, 0.25) is 0 Å². The minimum Gasteiger partial charge on any atom is -0.328 e. The topological polar surface area (TPSA) is 60.8 Å². The molecule has 0 heterocycles. The van der Waals surface area contributed by atoms with E-state index in [4.69, 9.17) is 9.79 Å². The van der Waals surface area contributed by atoms with Crippen LogP contribution in [0, 0.1) is 0 Å². The van der Waals surface area contributed by atoms with E-state index in [9.17, 15) is 4.57 Å². The molecule has 0 rings (SSSR count). The summed E-state index contributed by atoms with van der Waals surface area (Å²) < 4.78 is 11.5. The summed E-state index contributed by atoms with van der Waals surface area (Å²) in [6.07, 6.45) is 1.69. The van der Waals surface area contributed by atoms with Crippen molar-refractivity contribution in [2.75, 3.05) is 54.0 Å². The van der Waals surface area contributed by atoms with Gasteiger partial charge in [0.05, 0.1) is 33.3 Å². The highest BCUT2D eigenvalue weighted by Gasteiger charge is 2.18. The van der Waals surface area contributed by atoms with Gasteiger partial charge >= 0.3 is 7.60 Å². The predicted octanol–water partition coefficient (Wildman–Crippen LogP) is 0.582. The minimum atomic E-state index is -3.81. The van der Waals surface area contributed by atoms with E-state index in [2.05, 4.69) is 19.0 Å². The first-order valence-electron chi connectivity index (χ1n) is 5.64. The molecule has 0 bridgehead atoms. The van der Waals surface area contributed by atoms with Crippen molar-refractivity contribution >= 4 is 7.60 Å². The molecule has 0 radical (unpaired) electrons. The molecular formula is C10H26N2O3P+. The van der Waals surface area contributed by atoms with Crippen LogP contribution in [-0.2, 0) is 4.57 Å². The Morgan fingerprint density at radius 2 is 1.62 bits per heavy atom. The maximum absolute atomic E-state index is 10.7. The summed E-state index contributed by atoms with van der Waals surface area (Å²) in [4.78, 5) is 19.7. The van der Waals surface area contributed by atoms with E-state index in [1.54, 1.807) is 0 Å². The van der Waals surface area contributed by atoms with Crippen molar-refractivity contribution < 1.29 is 18.8 Å². The highest BCUT2D eigenvalue weighted by Crippen LogP contribution is 2.34. The summed E-state index contributed by atoms with van der Waals surface area (Å²) in [5.74, 6) is 0. The van der Waals surface area contributed by atoms with E-state index in [-0.39, 0.29) is 6.16 Å². The predicted molar refractivity (Wildman–Crippen MR) is 66.5 cm³/mol. The number of quaternary nitrogens is 1. The van der Waals surface area contributed by atoms with Crippen LogP contribution in [0.3, 0.4) is 0 Å². The summed E-state index contributed by atoms with van der Waals surface area (Å²) in [6, 6.07) is 0. The van der Waals surface area contributed by atoms with Gasteiger partial charge in [-0.05, 0) is 14.1 Å². The molecular weight excluding hydrogens is 227 g/mol. The second-order valence-corrected chi connectivity index (χ2v) is 7.06. The van der Waals surface area contributed by atoms with Crippen LogP contribution in [0.5, 0.6) is 0 Å². The highest BCUT2D eigenvalue weighted by molar-refractivity contribution is 7.51. The van der Waals surface area contributed by atoms with Gasteiger partial charge < -0.3 is 19.2 Å². The van der Waals surface area contributed by atoms with Crippen molar-refractivity contribution in [1.29, 1.82) is 0 Å². The van der Waals surface area contributed by atoms with Gasteiger partial charge in [-0.3, -0.25) is 4.57 Å². The molecule has 0 aromatic rings. The number of hydrogen-bond acceptors (Lipinski definition) is 2. The zero-order valence-corrected chi connectivity index (χ0v) is 11.8. The lowest BCUT2D eigenvalue weighted by Gasteiger charge is -2.30. The molecule has 98 valence electrons. The second kappa shape index (κ2) is 6.72. The highest BCUT2D eigenvalue weighted by atomic mass is 31.2. The summed E-state index contributed by atoms with van der Waals surface area (Å²) in [7, 11) is 4.50. The van der Waals surface area contributed by atoms with Gasteiger partial charge in [-0.1, -0.05) is 0 Å². The normalized spacial score (nSPS) is 13.4. The van der Waals surface area contributed by atoms with Crippen molar-refractivity contribution in [3.05, 3.63) is 0 Å². The number of nitrogens with zero attached hydrogens (tertiary/aromatic N) is 2. The molecule has 0 spiro atoms. The lowest BCUT2D eigenvalue weighted by atomic mass is 10.3. The van der Waals surface area contributed by atoms with Crippen molar-refractivity contribution in [2.45, 2.75) is 12.8 Å². The Balaban J connectivity index is 3.74. The summed E-state index contributed by atoms with van der Waals surface area (Å²) in [5, 5.41) is 0. The molecule has 0 saturated heterocycles. The standard InChI is InChI=1S/C10H25N2O3P/c1-11(2)7-5-8-12(3,4)9-6-10-16(13,14)15/h5-10H2,1-4H3,(H-,13,14,15)/p+1. The van der Waals surface area contributed by atoms with Gasteiger partial charge in [0.1, 0.15) is 0 Å². The van der Waals surface area contributed by atoms with Crippen LogP contribution in [0.4, 0.5) is 0 Å². The van der Waals surface area contributed by atoms with Crippen LogP contribution in [0.2, 0.25) is 0 Å². The maximum atomic E-state index is 10.7.